The second kappa shape index (κ2) is 13.5. The Morgan fingerprint density at radius 1 is 1.00 bits per heavy atom. The maximum atomic E-state index is 13.5. The van der Waals surface area contributed by atoms with Crippen molar-refractivity contribution in [3.05, 3.63) is 114 Å². The molecule has 1 fully saturated rings. The van der Waals surface area contributed by atoms with Crippen molar-refractivity contribution >= 4 is 23.3 Å². The summed E-state index contributed by atoms with van der Waals surface area (Å²) in [5.41, 5.74) is 3.85. The number of likely N-dealkylation sites (tertiary alicyclic amines) is 1. The van der Waals surface area contributed by atoms with E-state index >= 15 is 0 Å². The van der Waals surface area contributed by atoms with Crippen LogP contribution in [0.1, 0.15) is 49.3 Å². The number of aliphatic imine (C=N–C) groups is 1. The second-order valence-electron chi connectivity index (χ2n) is 9.46. The zero-order valence-electron chi connectivity index (χ0n) is 21.8. The Morgan fingerprint density at radius 2 is 1.68 bits per heavy atom. The lowest BCUT2D eigenvalue weighted by molar-refractivity contribution is -0.138. The van der Waals surface area contributed by atoms with Crippen LogP contribution in [0, 0.1) is 0 Å². The molecule has 6 nitrogen and oxygen atoms in total. The minimum atomic E-state index is -0.983. The Kier molecular flexibility index (Phi) is 9.59. The molecule has 0 radical (unpaired) electrons. The van der Waals surface area contributed by atoms with Crippen LogP contribution in [-0.2, 0) is 16.1 Å². The molecule has 4 rings (SSSR count). The summed E-state index contributed by atoms with van der Waals surface area (Å²) in [5.74, 6) is -1.04. The lowest BCUT2D eigenvalue weighted by Crippen LogP contribution is -2.39. The zero-order valence-corrected chi connectivity index (χ0v) is 21.8. The number of hydrogen-bond acceptors (Lipinski definition) is 4. The van der Waals surface area contributed by atoms with Crippen molar-refractivity contribution in [2.45, 2.75) is 51.2 Å². The number of benzene rings is 3. The van der Waals surface area contributed by atoms with E-state index in [2.05, 4.69) is 22.3 Å². The molecule has 0 aromatic heterocycles. The van der Waals surface area contributed by atoms with Gasteiger partial charge in [0.2, 0.25) is 5.91 Å². The number of allylic oxidation sites excluding steroid dienone is 1. The molecule has 0 aliphatic carbocycles. The summed E-state index contributed by atoms with van der Waals surface area (Å²) in [7, 11) is 0. The number of nitrogens with one attached hydrogen (secondary N) is 1. The molecule has 2 N–H and O–H groups in total. The van der Waals surface area contributed by atoms with Crippen LogP contribution in [0.2, 0.25) is 0 Å². The molecule has 2 unspecified atom stereocenters. The summed E-state index contributed by atoms with van der Waals surface area (Å²) in [6.45, 7) is 3.61. The highest BCUT2D eigenvalue weighted by Gasteiger charge is 2.31. The molecule has 1 aliphatic rings. The predicted molar refractivity (Wildman–Crippen MR) is 152 cm³/mol. The molecule has 196 valence electrons. The minimum Gasteiger partial charge on any atom is -0.480 e. The highest BCUT2D eigenvalue weighted by atomic mass is 16.4. The van der Waals surface area contributed by atoms with Crippen molar-refractivity contribution in [2.75, 3.05) is 11.9 Å². The smallest absolute Gasteiger partial charge is 0.328 e. The average molecular weight is 510 g/mol. The van der Waals surface area contributed by atoms with Gasteiger partial charge in [-0.2, -0.15) is 0 Å². The number of rotatable bonds is 11. The van der Waals surface area contributed by atoms with Crippen LogP contribution in [-0.4, -0.2) is 46.2 Å². The van der Waals surface area contributed by atoms with Crippen molar-refractivity contribution in [3.63, 3.8) is 0 Å². The van der Waals surface area contributed by atoms with Gasteiger partial charge in [-0.15, -0.1) is 0 Å². The van der Waals surface area contributed by atoms with Crippen LogP contribution < -0.4 is 5.32 Å². The topological polar surface area (TPSA) is 82.0 Å². The summed E-state index contributed by atoms with van der Waals surface area (Å²) < 4.78 is 0. The van der Waals surface area contributed by atoms with Crippen molar-refractivity contribution in [1.82, 2.24) is 4.90 Å². The number of hydrogen-bond donors (Lipinski definition) is 2. The summed E-state index contributed by atoms with van der Waals surface area (Å²) in [6, 6.07) is 26.1. The molecule has 1 heterocycles. The first-order chi connectivity index (χ1) is 18.6. The fourth-order valence-corrected chi connectivity index (χ4v) is 4.80. The van der Waals surface area contributed by atoms with Crippen LogP contribution in [0.5, 0.6) is 0 Å². The molecule has 38 heavy (non-hydrogen) atoms. The Morgan fingerprint density at radius 3 is 2.39 bits per heavy atom. The van der Waals surface area contributed by atoms with E-state index in [1.54, 1.807) is 0 Å². The molecular weight excluding hydrogens is 474 g/mol. The van der Waals surface area contributed by atoms with Crippen molar-refractivity contribution in [2.24, 2.45) is 4.99 Å². The normalized spacial score (nSPS) is 17.0. The van der Waals surface area contributed by atoms with Crippen LogP contribution in [0.15, 0.2) is 102 Å². The summed E-state index contributed by atoms with van der Waals surface area (Å²) in [6.07, 6.45) is 6.70. The third-order valence-corrected chi connectivity index (χ3v) is 6.71. The van der Waals surface area contributed by atoms with E-state index < -0.39 is 12.0 Å². The van der Waals surface area contributed by atoms with Gasteiger partial charge >= 0.3 is 5.97 Å². The monoisotopic (exact) mass is 509 g/mol. The fraction of sp³-hybridized carbons (Fsp3) is 0.281. The van der Waals surface area contributed by atoms with Crippen LogP contribution in [0.4, 0.5) is 5.69 Å². The molecule has 3 aromatic carbocycles. The summed E-state index contributed by atoms with van der Waals surface area (Å²) >= 11 is 0. The van der Waals surface area contributed by atoms with E-state index in [-0.39, 0.29) is 11.9 Å². The van der Waals surface area contributed by atoms with Crippen LogP contribution in [0.25, 0.3) is 0 Å². The predicted octanol–water partition coefficient (Wildman–Crippen LogP) is 5.94. The summed E-state index contributed by atoms with van der Waals surface area (Å²) in [4.78, 5) is 32.6. The lowest BCUT2D eigenvalue weighted by Gasteiger charge is -2.24. The van der Waals surface area contributed by atoms with Crippen molar-refractivity contribution < 1.29 is 14.7 Å². The molecule has 0 spiro atoms. The third kappa shape index (κ3) is 7.05. The Hall–Kier alpha value is -4.03. The SMILES string of the molecule is CC/C=C/CC(N=C(c1ccccc1)c1ccccc1NC(=O)C1CCCN1Cc1ccccc1)C(=O)O. The Labute approximate surface area is 224 Å². The van der Waals surface area contributed by atoms with Crippen LogP contribution >= 0.6 is 0 Å². The number of nitrogens with zero attached hydrogens (tertiary/aromatic N) is 2. The summed E-state index contributed by atoms with van der Waals surface area (Å²) in [5, 5.41) is 13.1. The van der Waals surface area contributed by atoms with Gasteiger partial charge in [0.15, 0.2) is 6.04 Å². The first kappa shape index (κ1) is 27.0. The number of para-hydroxylation sites is 1. The quantitative estimate of drug-likeness (QED) is 0.248. The number of amides is 1. The van der Waals surface area contributed by atoms with E-state index in [4.69, 9.17) is 4.99 Å². The van der Waals surface area contributed by atoms with Gasteiger partial charge in [0.25, 0.3) is 0 Å². The van der Waals surface area contributed by atoms with Crippen LogP contribution in [0.3, 0.4) is 0 Å². The van der Waals surface area contributed by atoms with E-state index in [9.17, 15) is 14.7 Å². The maximum Gasteiger partial charge on any atom is 0.328 e. The first-order valence-corrected chi connectivity index (χ1v) is 13.3. The largest absolute Gasteiger partial charge is 0.480 e. The number of carbonyl (C=O) groups excluding carboxylic acids is 1. The number of anilines is 1. The van der Waals surface area contributed by atoms with Gasteiger partial charge in [-0.05, 0) is 43.9 Å². The average Bonchev–Trinajstić information content (AvgIpc) is 3.40. The number of carboxylic acid groups (broad SMARTS) is 1. The van der Waals surface area contributed by atoms with Gasteiger partial charge in [-0.3, -0.25) is 14.7 Å². The lowest BCUT2D eigenvalue weighted by atomic mass is 9.99. The number of carbonyl (C=O) groups is 2. The van der Waals surface area contributed by atoms with Gasteiger partial charge in [-0.25, -0.2) is 4.79 Å². The Balaban J connectivity index is 1.64. The van der Waals surface area contributed by atoms with E-state index in [1.807, 2.05) is 91.9 Å². The van der Waals surface area contributed by atoms with Gasteiger partial charge < -0.3 is 10.4 Å². The molecule has 3 aromatic rings. The number of aliphatic carboxylic acids is 1. The minimum absolute atomic E-state index is 0.0565. The molecule has 1 saturated heterocycles. The molecule has 1 amide bonds. The molecule has 1 aliphatic heterocycles. The standard InChI is InChI=1S/C32H35N3O3/c1-2-3-6-20-28(32(37)38)33-30(25-16-9-5-10-17-25)26-18-11-12-19-27(26)34-31(36)29-21-13-22-35(29)23-24-14-7-4-8-15-24/h3-12,14-19,28-29H,2,13,20-23H2,1H3,(H,34,36)(H,37,38)/b6-3+,33-30?. The molecule has 6 heteroatoms. The maximum absolute atomic E-state index is 13.5. The Bertz CT molecular complexity index is 1270. The van der Waals surface area contributed by atoms with Crippen molar-refractivity contribution in [1.29, 1.82) is 0 Å². The first-order valence-electron chi connectivity index (χ1n) is 13.3. The van der Waals surface area contributed by atoms with Gasteiger partial charge in [0.1, 0.15) is 0 Å². The molecular formula is C32H35N3O3. The number of carboxylic acids is 1. The third-order valence-electron chi connectivity index (χ3n) is 6.71. The zero-order chi connectivity index (χ0) is 26.7. The van der Waals surface area contributed by atoms with E-state index in [0.717, 1.165) is 37.9 Å². The molecule has 0 bridgehead atoms. The fourth-order valence-electron chi connectivity index (χ4n) is 4.80. The van der Waals surface area contributed by atoms with Gasteiger partial charge in [0.05, 0.1) is 17.4 Å². The van der Waals surface area contributed by atoms with Crippen molar-refractivity contribution in [3.8, 4) is 0 Å². The molecule has 0 saturated carbocycles. The highest BCUT2D eigenvalue weighted by molar-refractivity contribution is 6.17. The second-order valence-corrected chi connectivity index (χ2v) is 9.46. The van der Waals surface area contributed by atoms with E-state index in [0.29, 0.717) is 23.4 Å². The highest BCUT2D eigenvalue weighted by Crippen LogP contribution is 2.25. The molecule has 2 atom stereocenters. The van der Waals surface area contributed by atoms with E-state index in [1.165, 1.54) is 5.56 Å². The van der Waals surface area contributed by atoms with Gasteiger partial charge in [0, 0.05) is 17.7 Å². The van der Waals surface area contributed by atoms with Gasteiger partial charge in [-0.1, -0.05) is 97.9 Å².